The van der Waals surface area contributed by atoms with Crippen LogP contribution < -0.4 is 4.90 Å². The lowest BCUT2D eigenvalue weighted by atomic mass is 9.48. The van der Waals surface area contributed by atoms with Gasteiger partial charge in [0, 0.05) is 48.7 Å². The van der Waals surface area contributed by atoms with Crippen molar-refractivity contribution < 1.29 is 9.90 Å². The molecule has 1 heterocycles. The Kier molecular flexibility index (Phi) is 5.49. The molecule has 1 aromatic carbocycles. The van der Waals surface area contributed by atoms with E-state index in [1.54, 1.807) is 6.08 Å². The summed E-state index contributed by atoms with van der Waals surface area (Å²) in [6.07, 6.45) is 11.0. The van der Waals surface area contributed by atoms with Crippen molar-refractivity contribution in [2.24, 2.45) is 28.6 Å². The highest BCUT2D eigenvalue weighted by atomic mass is 35.5. The van der Waals surface area contributed by atoms with Crippen LogP contribution in [-0.4, -0.2) is 49.2 Å². The maximum atomic E-state index is 12.3. The third-order valence-corrected chi connectivity index (χ3v) is 10.2. The quantitative estimate of drug-likeness (QED) is 0.632. The summed E-state index contributed by atoms with van der Waals surface area (Å²) < 4.78 is 0. The Labute approximate surface area is 203 Å². The van der Waals surface area contributed by atoms with E-state index in [0.717, 1.165) is 54.0 Å². The summed E-state index contributed by atoms with van der Waals surface area (Å²) in [5, 5.41) is 12.2. The Morgan fingerprint density at radius 2 is 1.94 bits per heavy atom. The van der Waals surface area contributed by atoms with Crippen LogP contribution in [0.3, 0.4) is 0 Å². The van der Waals surface area contributed by atoms with Crippen LogP contribution >= 0.6 is 11.6 Å². The van der Waals surface area contributed by atoms with Gasteiger partial charge >= 0.3 is 0 Å². The van der Waals surface area contributed by atoms with Crippen molar-refractivity contribution in [2.75, 3.05) is 26.0 Å². The third kappa shape index (κ3) is 3.39. The number of halogens is 1. The molecule has 5 heteroatoms. The lowest BCUT2D eigenvalue weighted by molar-refractivity contribution is -0.140. The van der Waals surface area contributed by atoms with Gasteiger partial charge in [0.15, 0.2) is 0 Å². The Hall–Kier alpha value is -1.78. The van der Waals surface area contributed by atoms with E-state index in [2.05, 4.69) is 38.1 Å². The summed E-state index contributed by atoms with van der Waals surface area (Å²) in [5.41, 5.74) is 3.12. The second-order valence-electron chi connectivity index (χ2n) is 11.6. The minimum absolute atomic E-state index is 0.0235. The molecule has 0 radical (unpaired) electrons. The molecule has 4 aliphatic rings. The van der Waals surface area contributed by atoms with E-state index in [-0.39, 0.29) is 22.8 Å². The van der Waals surface area contributed by atoms with Crippen molar-refractivity contribution in [3.63, 3.8) is 0 Å². The molecular weight excluding hydrogens is 432 g/mol. The summed E-state index contributed by atoms with van der Waals surface area (Å²) in [5.74, 6) is 1.72. The molecule has 7 atom stereocenters. The zero-order valence-corrected chi connectivity index (χ0v) is 21.3. The smallest absolute Gasteiger partial charge is 0.246 e. The molecule has 1 N–H and O–H groups in total. The number of nitrogens with zero attached hydrogens (tertiary/aromatic N) is 2. The van der Waals surface area contributed by atoms with Gasteiger partial charge in [-0.15, -0.1) is 0 Å². The lowest BCUT2D eigenvalue weighted by Gasteiger charge is -2.59. The van der Waals surface area contributed by atoms with E-state index in [9.17, 15) is 9.90 Å². The Bertz CT molecular complexity index is 1030. The van der Waals surface area contributed by atoms with Gasteiger partial charge < -0.3 is 14.9 Å². The predicted octanol–water partition coefficient (Wildman–Crippen LogP) is 5.40. The van der Waals surface area contributed by atoms with E-state index in [4.69, 9.17) is 11.6 Å². The molecule has 178 valence electrons. The van der Waals surface area contributed by atoms with Gasteiger partial charge in [-0.3, -0.25) is 4.79 Å². The minimum Gasteiger partial charge on any atom is -0.388 e. The van der Waals surface area contributed by atoms with Crippen LogP contribution in [0.2, 0.25) is 5.02 Å². The molecule has 1 aliphatic heterocycles. The number of carbonyl (C=O) groups is 1. The van der Waals surface area contributed by atoms with Gasteiger partial charge in [0.05, 0.1) is 6.10 Å². The topological polar surface area (TPSA) is 43.8 Å². The number of amides is 1. The number of aliphatic hydroxyl groups excluding tert-OH is 1. The maximum absolute atomic E-state index is 12.3. The number of benzene rings is 1. The van der Waals surface area contributed by atoms with Crippen molar-refractivity contribution in [3.8, 4) is 0 Å². The zero-order chi connectivity index (χ0) is 23.7. The summed E-state index contributed by atoms with van der Waals surface area (Å²) in [6, 6.07) is 6.43. The zero-order valence-electron chi connectivity index (χ0n) is 20.5. The van der Waals surface area contributed by atoms with E-state index in [1.807, 2.05) is 37.0 Å². The largest absolute Gasteiger partial charge is 0.388 e. The molecule has 0 unspecified atom stereocenters. The fraction of sp³-hybridized carbons (Fsp3) is 0.607. The van der Waals surface area contributed by atoms with Crippen LogP contribution in [-0.2, 0) is 4.79 Å². The number of fused-ring (bicyclic) bond motifs is 5. The first kappa shape index (κ1) is 23.0. The van der Waals surface area contributed by atoms with Crippen molar-refractivity contribution >= 4 is 29.3 Å². The number of hydrogen-bond acceptors (Lipinski definition) is 3. The standard InChI is InChI=1S/C28H37ClN2O2/c1-27-13-11-25(32)31(5)24(27)9-8-20-21(27)10-12-28(2)22(20)15-18(26(28)33)14-17-6-7-19(30(3)4)16-23(17)29/h6-7,11,13-14,16,20-22,24,26,33H,8-10,12,15H2,1-5H3/b18-14+/t20-,21+,22+,24-,26+,27-,28+/m1/s1. The molecule has 1 amide bonds. The van der Waals surface area contributed by atoms with Gasteiger partial charge in [0.25, 0.3) is 0 Å². The number of likely N-dealkylation sites (N-methyl/N-ethyl adjacent to an activating group) is 1. The second-order valence-corrected chi connectivity index (χ2v) is 12.0. The van der Waals surface area contributed by atoms with Gasteiger partial charge in [0.1, 0.15) is 0 Å². The van der Waals surface area contributed by atoms with E-state index >= 15 is 0 Å². The van der Waals surface area contributed by atoms with Crippen LogP contribution in [0.15, 0.2) is 35.9 Å². The van der Waals surface area contributed by atoms with Gasteiger partial charge in [-0.2, -0.15) is 0 Å². The molecule has 4 nitrogen and oxygen atoms in total. The molecule has 0 bridgehead atoms. The molecular formula is C28H37ClN2O2. The molecule has 1 aromatic rings. The van der Waals surface area contributed by atoms with Gasteiger partial charge in [-0.25, -0.2) is 0 Å². The summed E-state index contributed by atoms with van der Waals surface area (Å²) in [7, 11) is 5.99. The van der Waals surface area contributed by atoms with Crippen molar-refractivity contribution in [2.45, 2.75) is 58.1 Å². The molecule has 33 heavy (non-hydrogen) atoms. The summed E-state index contributed by atoms with van der Waals surface area (Å²) in [6.45, 7) is 4.67. The highest BCUT2D eigenvalue weighted by molar-refractivity contribution is 6.32. The Morgan fingerprint density at radius 1 is 1.18 bits per heavy atom. The minimum atomic E-state index is -0.426. The van der Waals surface area contributed by atoms with Crippen LogP contribution in [0.1, 0.15) is 51.5 Å². The normalized spacial score (nSPS) is 41.1. The highest BCUT2D eigenvalue weighted by Crippen LogP contribution is 2.65. The number of rotatable bonds is 2. The van der Waals surface area contributed by atoms with Gasteiger partial charge in [-0.1, -0.05) is 43.7 Å². The van der Waals surface area contributed by atoms with Crippen LogP contribution in [0, 0.1) is 28.6 Å². The average Bonchev–Trinajstić information content (AvgIpc) is 3.03. The molecule has 3 fully saturated rings. The first-order valence-corrected chi connectivity index (χ1v) is 12.8. The molecule has 0 spiro atoms. The first-order chi connectivity index (χ1) is 15.6. The fourth-order valence-electron chi connectivity index (χ4n) is 7.85. The van der Waals surface area contributed by atoms with E-state index in [0.29, 0.717) is 17.8 Å². The number of carbonyl (C=O) groups excluding carboxylic acids is 1. The molecule has 3 aliphatic carbocycles. The number of aliphatic hydroxyl groups is 1. The Balaban J connectivity index is 1.46. The van der Waals surface area contributed by atoms with Crippen LogP contribution in [0.25, 0.3) is 6.08 Å². The molecule has 0 saturated heterocycles. The molecule has 5 rings (SSSR count). The van der Waals surface area contributed by atoms with Crippen LogP contribution in [0.4, 0.5) is 5.69 Å². The van der Waals surface area contributed by atoms with Crippen molar-refractivity contribution in [1.29, 1.82) is 0 Å². The maximum Gasteiger partial charge on any atom is 0.246 e. The Morgan fingerprint density at radius 3 is 2.64 bits per heavy atom. The third-order valence-electron chi connectivity index (χ3n) is 9.84. The monoisotopic (exact) mass is 468 g/mol. The highest BCUT2D eigenvalue weighted by Gasteiger charge is 2.61. The van der Waals surface area contributed by atoms with Gasteiger partial charge in [-0.05, 0) is 79.2 Å². The van der Waals surface area contributed by atoms with Crippen LogP contribution in [0.5, 0.6) is 0 Å². The van der Waals surface area contributed by atoms with Gasteiger partial charge in [0.2, 0.25) is 5.91 Å². The first-order valence-electron chi connectivity index (χ1n) is 12.4. The average molecular weight is 469 g/mol. The molecule has 0 aromatic heterocycles. The van der Waals surface area contributed by atoms with E-state index < -0.39 is 6.10 Å². The SMILES string of the molecule is CN(C)c1ccc(/C=C2\C[C@H]3[C@@H]4CC[C@H]5N(C)C(=O)C=C[C@]5(C)[C@H]4CC[C@]3(C)[C@H]2O)c(Cl)c1. The van der Waals surface area contributed by atoms with Crippen molar-refractivity contribution in [1.82, 2.24) is 4.90 Å². The predicted molar refractivity (Wildman–Crippen MR) is 135 cm³/mol. The van der Waals surface area contributed by atoms with Crippen molar-refractivity contribution in [3.05, 3.63) is 46.5 Å². The summed E-state index contributed by atoms with van der Waals surface area (Å²) >= 11 is 6.63. The number of hydrogen-bond donors (Lipinski definition) is 1. The lowest BCUT2D eigenvalue weighted by Crippen LogP contribution is -2.59. The second kappa shape index (κ2) is 7.88. The fourth-order valence-corrected chi connectivity index (χ4v) is 8.08. The summed E-state index contributed by atoms with van der Waals surface area (Å²) in [4.78, 5) is 16.3. The number of anilines is 1. The van der Waals surface area contributed by atoms with E-state index in [1.165, 1.54) is 0 Å². The molecule has 3 saturated carbocycles.